The van der Waals surface area contributed by atoms with Crippen LogP contribution in [0.5, 0.6) is 5.88 Å². The van der Waals surface area contributed by atoms with Crippen LogP contribution in [0, 0.1) is 0 Å². The number of halogens is 1. The number of hydrogen-bond donors (Lipinski definition) is 2. The second-order valence-corrected chi connectivity index (χ2v) is 8.86. The molecule has 5 nitrogen and oxygen atoms in total. The fourth-order valence-corrected chi connectivity index (χ4v) is 4.72. The first kappa shape index (κ1) is 21.6. The van der Waals surface area contributed by atoms with Crippen LogP contribution in [0.15, 0.2) is 23.3 Å². The van der Waals surface area contributed by atoms with Crippen LogP contribution in [0.2, 0.25) is 0 Å². The molecule has 2 heterocycles. The van der Waals surface area contributed by atoms with Gasteiger partial charge in [-0.3, -0.25) is 4.99 Å². The Morgan fingerprint density at radius 2 is 2.15 bits per heavy atom. The number of aliphatic imine (C=N–C) groups is 1. The topological polar surface area (TPSA) is 58.5 Å². The smallest absolute Gasteiger partial charge is 0.218 e. The first-order valence-corrected chi connectivity index (χ1v) is 10.4. The Kier molecular flexibility index (Phi) is 8.79. The van der Waals surface area contributed by atoms with Crippen molar-refractivity contribution >= 4 is 41.7 Å². The number of guanidine groups is 1. The van der Waals surface area contributed by atoms with Crippen molar-refractivity contribution in [1.82, 2.24) is 15.6 Å². The summed E-state index contributed by atoms with van der Waals surface area (Å²) in [5.74, 6) is 2.86. The van der Waals surface area contributed by atoms with Crippen molar-refractivity contribution in [2.75, 3.05) is 19.3 Å². The van der Waals surface area contributed by atoms with E-state index in [1.807, 2.05) is 13.1 Å². The highest BCUT2D eigenvalue weighted by Gasteiger charge is 2.29. The molecule has 1 atom stereocenters. The molecule has 146 valence electrons. The van der Waals surface area contributed by atoms with Crippen molar-refractivity contribution < 1.29 is 4.74 Å². The minimum Gasteiger partial charge on any atom is -0.474 e. The fraction of sp³-hybridized carbons (Fsp3) is 0.684. The molecule has 1 aliphatic carbocycles. The van der Waals surface area contributed by atoms with Gasteiger partial charge in [-0.05, 0) is 57.3 Å². The third kappa shape index (κ3) is 6.18. The second kappa shape index (κ2) is 10.6. The van der Waals surface area contributed by atoms with Gasteiger partial charge in [0.15, 0.2) is 5.96 Å². The van der Waals surface area contributed by atoms with Crippen molar-refractivity contribution in [2.24, 2.45) is 4.99 Å². The van der Waals surface area contributed by atoms with Crippen LogP contribution in [0.1, 0.15) is 51.0 Å². The van der Waals surface area contributed by atoms with Crippen LogP contribution in [0.25, 0.3) is 0 Å². The van der Waals surface area contributed by atoms with Gasteiger partial charge in [-0.25, -0.2) is 4.98 Å². The Balaban J connectivity index is 0.00000243. The Hall–Kier alpha value is -0.700. The van der Waals surface area contributed by atoms with Gasteiger partial charge in [0, 0.05) is 36.6 Å². The largest absolute Gasteiger partial charge is 0.474 e. The minimum absolute atomic E-state index is 0. The molecule has 1 aromatic heterocycles. The molecule has 2 fully saturated rings. The van der Waals surface area contributed by atoms with Gasteiger partial charge in [0.2, 0.25) is 5.88 Å². The van der Waals surface area contributed by atoms with E-state index in [4.69, 9.17) is 4.74 Å². The summed E-state index contributed by atoms with van der Waals surface area (Å²) in [6.45, 7) is 3.94. The molecule has 2 N–H and O–H groups in total. The van der Waals surface area contributed by atoms with Gasteiger partial charge >= 0.3 is 0 Å². The van der Waals surface area contributed by atoms with Gasteiger partial charge in [0.25, 0.3) is 0 Å². The minimum atomic E-state index is 0. The molecule has 0 amide bonds. The molecule has 7 heteroatoms. The van der Waals surface area contributed by atoms with Crippen LogP contribution in [0.3, 0.4) is 0 Å². The number of hydrogen-bond acceptors (Lipinski definition) is 4. The monoisotopic (exact) mass is 490 g/mol. The zero-order valence-electron chi connectivity index (χ0n) is 15.8. The predicted octanol–water partition coefficient (Wildman–Crippen LogP) is 3.97. The standard InChI is InChI=1S/C19H30N4OS.HI/c1-19(10-6-12-25-19)14-23-18(20-2)22-13-15-7-5-11-21-17(15)24-16-8-3-4-9-16;/h5,7,11,16H,3-4,6,8-10,12-14H2,1-2H3,(H2,20,22,23);1H. The summed E-state index contributed by atoms with van der Waals surface area (Å²) in [6, 6.07) is 4.04. The Labute approximate surface area is 178 Å². The van der Waals surface area contributed by atoms with Crippen molar-refractivity contribution in [3.63, 3.8) is 0 Å². The molecule has 1 aromatic rings. The molecule has 0 spiro atoms. The normalized spacial score (nSPS) is 23.5. The Morgan fingerprint density at radius 1 is 1.35 bits per heavy atom. The number of ether oxygens (including phenoxy) is 1. The Bertz CT molecular complexity index is 587. The van der Waals surface area contributed by atoms with Crippen molar-refractivity contribution in [3.05, 3.63) is 23.9 Å². The number of thioether (sulfide) groups is 1. The summed E-state index contributed by atoms with van der Waals surface area (Å²) in [5, 5.41) is 6.87. The lowest BCUT2D eigenvalue weighted by molar-refractivity contribution is 0.199. The molecular weight excluding hydrogens is 459 g/mol. The lowest BCUT2D eigenvalue weighted by Gasteiger charge is -2.24. The third-order valence-corrected chi connectivity index (χ3v) is 6.57. The molecule has 0 aromatic carbocycles. The molecular formula is C19H31IN4OS. The SMILES string of the molecule is CN=C(NCc1cccnc1OC1CCCC1)NCC1(C)CCCS1.I. The quantitative estimate of drug-likeness (QED) is 0.359. The van der Waals surface area contributed by atoms with E-state index in [0.29, 0.717) is 17.4 Å². The van der Waals surface area contributed by atoms with Gasteiger partial charge in [-0.1, -0.05) is 6.07 Å². The number of nitrogens with one attached hydrogen (secondary N) is 2. The summed E-state index contributed by atoms with van der Waals surface area (Å²) in [7, 11) is 1.82. The van der Waals surface area contributed by atoms with Crippen LogP contribution >= 0.6 is 35.7 Å². The Morgan fingerprint density at radius 3 is 2.85 bits per heavy atom. The first-order chi connectivity index (χ1) is 12.2. The van der Waals surface area contributed by atoms with Crippen LogP contribution < -0.4 is 15.4 Å². The van der Waals surface area contributed by atoms with Gasteiger partial charge in [-0.2, -0.15) is 11.8 Å². The van der Waals surface area contributed by atoms with E-state index >= 15 is 0 Å². The van der Waals surface area contributed by atoms with Gasteiger partial charge in [-0.15, -0.1) is 24.0 Å². The van der Waals surface area contributed by atoms with E-state index in [-0.39, 0.29) is 24.0 Å². The van der Waals surface area contributed by atoms with Crippen molar-refractivity contribution in [2.45, 2.75) is 62.8 Å². The summed E-state index contributed by atoms with van der Waals surface area (Å²) in [4.78, 5) is 8.79. The molecule has 1 saturated heterocycles. The lowest BCUT2D eigenvalue weighted by atomic mass is 10.1. The van der Waals surface area contributed by atoms with Crippen LogP contribution in [-0.4, -0.2) is 41.1 Å². The van der Waals surface area contributed by atoms with Gasteiger partial charge in [0.05, 0.1) is 0 Å². The maximum Gasteiger partial charge on any atom is 0.218 e. The van der Waals surface area contributed by atoms with E-state index < -0.39 is 0 Å². The average Bonchev–Trinajstić information content (AvgIpc) is 3.28. The molecule has 1 unspecified atom stereocenters. The molecule has 3 rings (SSSR count). The van der Waals surface area contributed by atoms with Crippen molar-refractivity contribution in [3.8, 4) is 5.88 Å². The zero-order chi connectivity index (χ0) is 17.5. The maximum absolute atomic E-state index is 6.11. The van der Waals surface area contributed by atoms with E-state index in [1.54, 1.807) is 6.20 Å². The maximum atomic E-state index is 6.11. The zero-order valence-corrected chi connectivity index (χ0v) is 18.9. The molecule has 0 radical (unpaired) electrons. The molecule has 26 heavy (non-hydrogen) atoms. The third-order valence-electron chi connectivity index (χ3n) is 5.03. The van der Waals surface area contributed by atoms with Gasteiger partial charge in [0.1, 0.15) is 6.10 Å². The van der Waals surface area contributed by atoms with Crippen molar-refractivity contribution in [1.29, 1.82) is 0 Å². The van der Waals surface area contributed by atoms with Gasteiger partial charge < -0.3 is 15.4 Å². The molecule has 2 aliphatic rings. The number of rotatable bonds is 6. The number of aromatic nitrogens is 1. The highest BCUT2D eigenvalue weighted by molar-refractivity contribution is 14.0. The molecule has 1 aliphatic heterocycles. The van der Waals surface area contributed by atoms with E-state index in [2.05, 4.69) is 45.4 Å². The summed E-state index contributed by atoms with van der Waals surface area (Å²) < 4.78 is 6.44. The van der Waals surface area contributed by atoms with E-state index in [0.717, 1.165) is 36.8 Å². The number of pyridine rings is 1. The van der Waals surface area contributed by atoms with Crippen LogP contribution in [0.4, 0.5) is 0 Å². The highest BCUT2D eigenvalue weighted by Crippen LogP contribution is 2.36. The van der Waals surface area contributed by atoms with E-state index in [1.165, 1.54) is 31.4 Å². The number of nitrogens with zero attached hydrogens (tertiary/aromatic N) is 2. The van der Waals surface area contributed by atoms with E-state index in [9.17, 15) is 0 Å². The fourth-order valence-electron chi connectivity index (χ4n) is 3.48. The summed E-state index contributed by atoms with van der Waals surface area (Å²) in [6.07, 6.45) is 9.52. The first-order valence-electron chi connectivity index (χ1n) is 9.37. The lowest BCUT2D eigenvalue weighted by Crippen LogP contribution is -2.43. The predicted molar refractivity (Wildman–Crippen MR) is 121 cm³/mol. The molecule has 1 saturated carbocycles. The average molecular weight is 490 g/mol. The summed E-state index contributed by atoms with van der Waals surface area (Å²) >= 11 is 2.06. The summed E-state index contributed by atoms with van der Waals surface area (Å²) in [5.41, 5.74) is 1.08. The second-order valence-electron chi connectivity index (χ2n) is 7.17. The highest BCUT2D eigenvalue weighted by atomic mass is 127. The molecule has 0 bridgehead atoms. The van der Waals surface area contributed by atoms with Crippen LogP contribution in [-0.2, 0) is 6.54 Å².